The van der Waals surface area contributed by atoms with Crippen molar-refractivity contribution in [2.75, 3.05) is 19.0 Å². The minimum absolute atomic E-state index is 0.189. The van der Waals surface area contributed by atoms with E-state index in [0.29, 0.717) is 5.69 Å². The van der Waals surface area contributed by atoms with Crippen molar-refractivity contribution in [2.45, 2.75) is 6.92 Å². The fraction of sp³-hybridized carbons (Fsp3) is 0.250. The van der Waals surface area contributed by atoms with Gasteiger partial charge in [0.25, 0.3) is 11.5 Å². The Hall–Kier alpha value is -3.75. The summed E-state index contributed by atoms with van der Waals surface area (Å²) in [5.74, 6) is -0.492. The highest BCUT2D eigenvalue weighted by molar-refractivity contribution is 5.98. The van der Waals surface area contributed by atoms with E-state index in [4.69, 9.17) is 0 Å². The van der Waals surface area contributed by atoms with E-state index >= 15 is 0 Å². The molecule has 9 heteroatoms. The van der Waals surface area contributed by atoms with Gasteiger partial charge < -0.3 is 4.90 Å². The number of hydrazone groups is 1. The third kappa shape index (κ3) is 3.79. The highest BCUT2D eigenvalue weighted by Crippen LogP contribution is 2.13. The minimum atomic E-state index is -0.505. The van der Waals surface area contributed by atoms with Crippen molar-refractivity contribution in [3.05, 3.63) is 68.0 Å². The van der Waals surface area contributed by atoms with Crippen LogP contribution in [-0.2, 0) is 14.1 Å². The van der Waals surface area contributed by atoms with Gasteiger partial charge in [0, 0.05) is 33.9 Å². The molecule has 0 atom stereocenters. The molecule has 0 bridgehead atoms. The molecule has 0 saturated heterocycles. The number of fused-ring (bicyclic) bond motifs is 1. The fourth-order valence-electron chi connectivity index (χ4n) is 2.90. The van der Waals surface area contributed by atoms with Gasteiger partial charge in [-0.25, -0.2) is 15.2 Å². The Morgan fingerprint density at radius 2 is 1.79 bits per heavy atom. The zero-order chi connectivity index (χ0) is 21.3. The van der Waals surface area contributed by atoms with Crippen molar-refractivity contribution in [2.24, 2.45) is 19.2 Å². The number of nitrogens with one attached hydrogen (secondary N) is 1. The molecule has 0 aliphatic carbocycles. The molecule has 29 heavy (non-hydrogen) atoms. The van der Waals surface area contributed by atoms with Gasteiger partial charge in [-0.15, -0.1) is 0 Å². The first-order chi connectivity index (χ1) is 13.7. The largest absolute Gasteiger partial charge is 0.378 e. The van der Waals surface area contributed by atoms with Crippen LogP contribution >= 0.6 is 0 Å². The number of carbonyl (C=O) groups is 1. The van der Waals surface area contributed by atoms with Crippen LogP contribution in [0.3, 0.4) is 0 Å². The monoisotopic (exact) mass is 394 g/mol. The first-order valence-electron chi connectivity index (χ1n) is 8.89. The second kappa shape index (κ2) is 7.70. The molecule has 0 aliphatic rings. The van der Waals surface area contributed by atoms with E-state index in [9.17, 15) is 14.4 Å². The Bertz CT molecular complexity index is 1240. The zero-order valence-electron chi connectivity index (χ0n) is 16.9. The van der Waals surface area contributed by atoms with Crippen LogP contribution in [0.2, 0.25) is 0 Å². The first-order valence-corrected chi connectivity index (χ1v) is 8.89. The number of nitrogens with zero attached hydrogens (tertiary/aromatic N) is 5. The van der Waals surface area contributed by atoms with Crippen LogP contribution < -0.4 is 21.6 Å². The van der Waals surface area contributed by atoms with Crippen LogP contribution in [0.15, 0.2) is 45.0 Å². The van der Waals surface area contributed by atoms with Crippen molar-refractivity contribution in [1.29, 1.82) is 0 Å². The van der Waals surface area contributed by atoms with E-state index in [2.05, 4.69) is 15.5 Å². The molecule has 0 spiro atoms. The number of hydrogen-bond donors (Lipinski definition) is 1. The average molecular weight is 394 g/mol. The second-order valence-electron chi connectivity index (χ2n) is 6.88. The molecule has 0 radical (unpaired) electrons. The molecule has 2 heterocycles. The maximum atomic E-state index is 12.5. The second-order valence-corrected chi connectivity index (χ2v) is 6.88. The standard InChI is InChI=1S/C20H22N6O3/c1-12-15(10-16-17(22-12)25(4)20(29)26(5)19(16)28)18(27)23-21-11-13-6-8-14(9-7-13)24(2)3/h6-11H,1-5H3,(H,23,27). The number of amides is 1. The van der Waals surface area contributed by atoms with E-state index in [0.717, 1.165) is 15.8 Å². The molecule has 2 aromatic heterocycles. The van der Waals surface area contributed by atoms with Gasteiger partial charge in [-0.3, -0.25) is 18.7 Å². The Labute approximate surface area is 166 Å². The molecule has 1 aromatic carbocycles. The lowest BCUT2D eigenvalue weighted by molar-refractivity contribution is 0.0954. The molecule has 0 unspecified atom stereocenters. The van der Waals surface area contributed by atoms with Crippen LogP contribution in [0.25, 0.3) is 11.0 Å². The lowest BCUT2D eigenvalue weighted by atomic mass is 10.1. The number of carbonyl (C=O) groups excluding carboxylic acids is 1. The summed E-state index contributed by atoms with van der Waals surface area (Å²) in [6.45, 7) is 1.64. The first kappa shape index (κ1) is 20.0. The molecule has 0 saturated carbocycles. The third-order valence-electron chi connectivity index (χ3n) is 4.65. The zero-order valence-corrected chi connectivity index (χ0v) is 16.9. The lowest BCUT2D eigenvalue weighted by Crippen LogP contribution is -2.37. The molecule has 1 amide bonds. The summed E-state index contributed by atoms with van der Waals surface area (Å²) in [5.41, 5.74) is 4.20. The van der Waals surface area contributed by atoms with Gasteiger partial charge in [0.1, 0.15) is 5.65 Å². The number of benzene rings is 1. The predicted molar refractivity (Wildman–Crippen MR) is 113 cm³/mol. The average Bonchev–Trinajstić information content (AvgIpc) is 2.70. The maximum Gasteiger partial charge on any atom is 0.332 e. The topological polar surface area (TPSA) is 102 Å². The highest BCUT2D eigenvalue weighted by Gasteiger charge is 2.16. The smallest absolute Gasteiger partial charge is 0.332 e. The number of aromatic nitrogens is 3. The number of rotatable bonds is 4. The van der Waals surface area contributed by atoms with Gasteiger partial charge in [0.15, 0.2) is 0 Å². The van der Waals surface area contributed by atoms with Crippen molar-refractivity contribution in [1.82, 2.24) is 19.5 Å². The van der Waals surface area contributed by atoms with E-state index in [1.807, 2.05) is 43.3 Å². The summed E-state index contributed by atoms with van der Waals surface area (Å²) >= 11 is 0. The number of anilines is 1. The summed E-state index contributed by atoms with van der Waals surface area (Å²) in [4.78, 5) is 43.3. The quantitative estimate of drug-likeness (QED) is 0.520. The Balaban J connectivity index is 1.88. The van der Waals surface area contributed by atoms with E-state index < -0.39 is 17.2 Å². The maximum absolute atomic E-state index is 12.5. The molecular weight excluding hydrogens is 372 g/mol. The summed E-state index contributed by atoms with van der Waals surface area (Å²) in [7, 11) is 6.82. The van der Waals surface area contributed by atoms with Gasteiger partial charge in [0.05, 0.1) is 22.9 Å². The van der Waals surface area contributed by atoms with E-state index in [1.54, 1.807) is 6.92 Å². The Kier molecular flexibility index (Phi) is 5.31. The Morgan fingerprint density at radius 1 is 1.14 bits per heavy atom. The summed E-state index contributed by atoms with van der Waals surface area (Å²) < 4.78 is 2.26. The Morgan fingerprint density at radius 3 is 2.41 bits per heavy atom. The van der Waals surface area contributed by atoms with Crippen LogP contribution in [0.4, 0.5) is 5.69 Å². The molecule has 3 rings (SSSR count). The van der Waals surface area contributed by atoms with Crippen LogP contribution in [0.1, 0.15) is 21.6 Å². The van der Waals surface area contributed by atoms with Gasteiger partial charge >= 0.3 is 5.69 Å². The number of hydrogen-bond acceptors (Lipinski definition) is 6. The van der Waals surface area contributed by atoms with Gasteiger partial charge in [-0.05, 0) is 30.7 Å². The fourth-order valence-corrected chi connectivity index (χ4v) is 2.90. The van der Waals surface area contributed by atoms with Gasteiger partial charge in [-0.1, -0.05) is 12.1 Å². The lowest BCUT2D eigenvalue weighted by Gasteiger charge is -2.11. The molecule has 9 nitrogen and oxygen atoms in total. The molecule has 0 fully saturated rings. The van der Waals surface area contributed by atoms with Gasteiger partial charge in [-0.2, -0.15) is 5.10 Å². The summed E-state index contributed by atoms with van der Waals surface area (Å²) in [6, 6.07) is 9.10. The predicted octanol–water partition coefficient (Wildman–Crippen LogP) is 0.771. The van der Waals surface area contributed by atoms with Crippen molar-refractivity contribution in [3.63, 3.8) is 0 Å². The van der Waals surface area contributed by atoms with Crippen molar-refractivity contribution in [3.8, 4) is 0 Å². The number of aryl methyl sites for hydroxylation is 2. The van der Waals surface area contributed by atoms with Crippen molar-refractivity contribution >= 4 is 28.8 Å². The molecular formula is C20H22N6O3. The van der Waals surface area contributed by atoms with E-state index in [1.165, 1.54) is 30.9 Å². The summed E-state index contributed by atoms with van der Waals surface area (Å²) in [6.07, 6.45) is 1.53. The highest BCUT2D eigenvalue weighted by atomic mass is 16.2. The van der Waals surface area contributed by atoms with Crippen molar-refractivity contribution < 1.29 is 4.79 Å². The normalized spacial score (nSPS) is 11.2. The van der Waals surface area contributed by atoms with Crippen LogP contribution in [0.5, 0.6) is 0 Å². The molecule has 0 aliphatic heterocycles. The molecule has 1 N–H and O–H groups in total. The van der Waals surface area contributed by atoms with Gasteiger partial charge in [0.2, 0.25) is 0 Å². The molecule has 150 valence electrons. The van der Waals surface area contributed by atoms with Crippen LogP contribution in [0, 0.1) is 6.92 Å². The van der Waals surface area contributed by atoms with E-state index in [-0.39, 0.29) is 16.6 Å². The third-order valence-corrected chi connectivity index (χ3v) is 4.65. The van der Waals surface area contributed by atoms with Crippen LogP contribution in [-0.4, -0.2) is 40.3 Å². The minimum Gasteiger partial charge on any atom is -0.378 e. The molecule has 3 aromatic rings. The SMILES string of the molecule is Cc1nc2c(cc1C(=O)NN=Cc1ccc(N(C)C)cc1)c(=O)n(C)c(=O)n2C. The summed E-state index contributed by atoms with van der Waals surface area (Å²) in [5, 5.41) is 4.17. The number of pyridine rings is 1.